The van der Waals surface area contributed by atoms with Crippen molar-refractivity contribution in [1.29, 1.82) is 0 Å². The highest BCUT2D eigenvalue weighted by molar-refractivity contribution is 5.99. The summed E-state index contributed by atoms with van der Waals surface area (Å²) >= 11 is 0. The summed E-state index contributed by atoms with van der Waals surface area (Å²) in [6.07, 6.45) is 3.26. The van der Waals surface area contributed by atoms with Gasteiger partial charge in [-0.1, -0.05) is 19.9 Å². The zero-order chi connectivity index (χ0) is 20.2. The van der Waals surface area contributed by atoms with Gasteiger partial charge in [-0.05, 0) is 49.8 Å². The molecule has 2 aliphatic rings. The second-order valence-electron chi connectivity index (χ2n) is 9.46. The summed E-state index contributed by atoms with van der Waals surface area (Å²) in [7, 11) is 0. The molecule has 0 saturated carbocycles. The molecule has 6 nitrogen and oxygen atoms in total. The fourth-order valence-corrected chi connectivity index (χ4v) is 4.76. The van der Waals surface area contributed by atoms with E-state index in [0.29, 0.717) is 11.5 Å². The summed E-state index contributed by atoms with van der Waals surface area (Å²) in [4.78, 5) is 18.4. The summed E-state index contributed by atoms with van der Waals surface area (Å²) in [6.45, 7) is 9.11. The van der Waals surface area contributed by atoms with Crippen LogP contribution in [-0.4, -0.2) is 51.7 Å². The summed E-state index contributed by atoms with van der Waals surface area (Å²) in [5.74, 6) is 0.107. The molecule has 2 aromatic heterocycles. The number of nitrogens with one attached hydrogen (secondary N) is 3. The van der Waals surface area contributed by atoms with Crippen molar-refractivity contribution in [2.24, 2.45) is 5.41 Å². The predicted molar refractivity (Wildman–Crippen MR) is 115 cm³/mol. The van der Waals surface area contributed by atoms with Crippen molar-refractivity contribution < 1.29 is 4.79 Å². The minimum Gasteiger partial charge on any atom is -0.353 e. The van der Waals surface area contributed by atoms with Gasteiger partial charge in [0.25, 0.3) is 5.91 Å². The van der Waals surface area contributed by atoms with Crippen LogP contribution >= 0.6 is 0 Å². The second-order valence-corrected chi connectivity index (χ2v) is 9.46. The van der Waals surface area contributed by atoms with Crippen molar-refractivity contribution in [3.63, 3.8) is 0 Å². The number of fused-ring (bicyclic) bond motifs is 2. The van der Waals surface area contributed by atoms with Crippen molar-refractivity contribution >= 4 is 16.8 Å². The number of benzene rings is 1. The maximum Gasteiger partial charge on any atom is 0.254 e. The molecule has 6 heteroatoms. The van der Waals surface area contributed by atoms with Gasteiger partial charge in [0, 0.05) is 53.4 Å². The number of aromatic nitrogens is 3. The molecule has 3 aromatic rings. The fourth-order valence-electron chi connectivity index (χ4n) is 4.76. The first-order chi connectivity index (χ1) is 13.9. The number of piperazine rings is 1. The molecular weight excluding hydrogens is 362 g/mol. The number of hydrogen-bond acceptors (Lipinski definition) is 3. The molecule has 1 aliphatic heterocycles. The van der Waals surface area contributed by atoms with Crippen molar-refractivity contribution in [3.8, 4) is 11.4 Å². The van der Waals surface area contributed by atoms with Gasteiger partial charge < -0.3 is 15.2 Å². The van der Waals surface area contributed by atoms with Gasteiger partial charge in [0.15, 0.2) is 0 Å². The van der Waals surface area contributed by atoms with Crippen LogP contribution in [0.5, 0.6) is 0 Å². The Hall–Kier alpha value is -2.60. The van der Waals surface area contributed by atoms with Gasteiger partial charge in [-0.25, -0.2) is 0 Å². The van der Waals surface area contributed by atoms with E-state index in [2.05, 4.69) is 47.3 Å². The highest BCUT2D eigenvalue weighted by Gasteiger charge is 2.29. The molecule has 1 aromatic carbocycles. The van der Waals surface area contributed by atoms with Gasteiger partial charge in [0.05, 0.1) is 5.69 Å². The zero-order valence-corrected chi connectivity index (χ0v) is 17.4. The van der Waals surface area contributed by atoms with Crippen molar-refractivity contribution in [1.82, 2.24) is 25.4 Å². The number of carbonyl (C=O) groups is 1. The van der Waals surface area contributed by atoms with Crippen LogP contribution in [0.15, 0.2) is 24.3 Å². The van der Waals surface area contributed by atoms with E-state index in [4.69, 9.17) is 0 Å². The largest absolute Gasteiger partial charge is 0.353 e. The molecule has 152 valence electrons. The Kier molecular flexibility index (Phi) is 4.28. The summed E-state index contributed by atoms with van der Waals surface area (Å²) in [6, 6.07) is 8.45. The van der Waals surface area contributed by atoms with Crippen molar-refractivity contribution in [2.75, 3.05) is 19.6 Å². The first kappa shape index (κ1) is 18.4. The number of amides is 1. The average molecular weight is 392 g/mol. The predicted octanol–water partition coefficient (Wildman–Crippen LogP) is 3.51. The molecule has 0 spiro atoms. The maximum absolute atomic E-state index is 12.9. The van der Waals surface area contributed by atoms with E-state index in [1.165, 1.54) is 17.7 Å². The topological polar surface area (TPSA) is 76.8 Å². The van der Waals surface area contributed by atoms with E-state index in [1.807, 2.05) is 23.1 Å². The van der Waals surface area contributed by atoms with E-state index in [9.17, 15) is 4.79 Å². The summed E-state index contributed by atoms with van der Waals surface area (Å²) < 4.78 is 0. The molecule has 0 unspecified atom stereocenters. The summed E-state index contributed by atoms with van der Waals surface area (Å²) in [5, 5.41) is 12.4. The minimum atomic E-state index is 0.107. The Morgan fingerprint density at radius 3 is 2.97 bits per heavy atom. The standard InChI is InChI=1S/C23H29N5O/c1-14-13-28(9-8-24-14)22(29)16-5-4-15-10-19(25-18(15)11-16)21-17-6-7-23(2,3)12-20(17)26-27-21/h4-5,10-11,14,24-25H,6-9,12-13H2,1-3H3,(H,26,27)/t14-/m0/s1. The van der Waals surface area contributed by atoms with E-state index in [-0.39, 0.29) is 5.91 Å². The number of H-pyrrole nitrogens is 2. The SMILES string of the molecule is C[C@H]1CN(C(=O)c2ccc3cc(-c4n[nH]c5c4CCC(C)(C)C5)[nH]c3c2)CCN1. The number of aromatic amines is 2. The Morgan fingerprint density at radius 2 is 2.14 bits per heavy atom. The number of hydrogen-bond donors (Lipinski definition) is 3. The molecule has 29 heavy (non-hydrogen) atoms. The molecular formula is C23H29N5O. The Bertz CT molecular complexity index is 1080. The van der Waals surface area contributed by atoms with Gasteiger partial charge >= 0.3 is 0 Å². The van der Waals surface area contributed by atoms with Crippen LogP contribution in [0.2, 0.25) is 0 Å². The monoisotopic (exact) mass is 391 g/mol. The van der Waals surface area contributed by atoms with Crippen LogP contribution in [-0.2, 0) is 12.8 Å². The van der Waals surface area contributed by atoms with Crippen LogP contribution in [0.1, 0.15) is 48.8 Å². The van der Waals surface area contributed by atoms with Crippen molar-refractivity contribution in [3.05, 3.63) is 41.1 Å². The minimum absolute atomic E-state index is 0.107. The molecule has 0 bridgehead atoms. The molecule has 3 heterocycles. The Balaban J connectivity index is 1.45. The van der Waals surface area contributed by atoms with Gasteiger partial charge in [-0.2, -0.15) is 5.10 Å². The normalized spacial score (nSPS) is 21.3. The van der Waals surface area contributed by atoms with E-state index in [0.717, 1.165) is 60.3 Å². The third-order valence-corrected chi connectivity index (χ3v) is 6.44. The van der Waals surface area contributed by atoms with Gasteiger partial charge in [-0.15, -0.1) is 0 Å². The number of carbonyl (C=O) groups excluding carboxylic acids is 1. The van der Waals surface area contributed by atoms with E-state index >= 15 is 0 Å². The second kappa shape index (κ2) is 6.73. The van der Waals surface area contributed by atoms with E-state index < -0.39 is 0 Å². The number of nitrogens with zero attached hydrogens (tertiary/aromatic N) is 2. The van der Waals surface area contributed by atoms with Crippen LogP contribution in [0, 0.1) is 5.41 Å². The highest BCUT2D eigenvalue weighted by atomic mass is 16.2. The Morgan fingerprint density at radius 1 is 1.28 bits per heavy atom. The lowest BCUT2D eigenvalue weighted by Crippen LogP contribution is -2.51. The molecule has 1 saturated heterocycles. The van der Waals surface area contributed by atoms with E-state index in [1.54, 1.807) is 0 Å². The van der Waals surface area contributed by atoms with Crippen LogP contribution < -0.4 is 5.32 Å². The Labute approximate surface area is 171 Å². The third kappa shape index (κ3) is 3.35. The molecule has 5 rings (SSSR count). The van der Waals surface area contributed by atoms with Gasteiger partial charge in [-0.3, -0.25) is 9.89 Å². The lowest BCUT2D eigenvalue weighted by Gasteiger charge is -2.32. The van der Waals surface area contributed by atoms with Crippen LogP contribution in [0.25, 0.3) is 22.3 Å². The first-order valence-electron chi connectivity index (χ1n) is 10.6. The highest BCUT2D eigenvalue weighted by Crippen LogP contribution is 2.38. The average Bonchev–Trinajstić information content (AvgIpc) is 3.29. The quantitative estimate of drug-likeness (QED) is 0.626. The summed E-state index contributed by atoms with van der Waals surface area (Å²) in [5.41, 5.74) is 6.70. The number of rotatable bonds is 2. The molecule has 1 aliphatic carbocycles. The van der Waals surface area contributed by atoms with Crippen LogP contribution in [0.4, 0.5) is 0 Å². The molecule has 1 fully saturated rings. The van der Waals surface area contributed by atoms with Gasteiger partial charge in [0.2, 0.25) is 0 Å². The lowest BCUT2D eigenvalue weighted by atomic mass is 9.76. The first-order valence-corrected chi connectivity index (χ1v) is 10.6. The molecule has 1 atom stereocenters. The molecule has 1 amide bonds. The third-order valence-electron chi connectivity index (χ3n) is 6.44. The fraction of sp³-hybridized carbons (Fsp3) is 0.478. The molecule has 3 N–H and O–H groups in total. The molecule has 0 radical (unpaired) electrons. The van der Waals surface area contributed by atoms with Gasteiger partial charge in [0.1, 0.15) is 5.69 Å². The smallest absolute Gasteiger partial charge is 0.254 e. The zero-order valence-electron chi connectivity index (χ0n) is 17.4. The maximum atomic E-state index is 12.9. The van der Waals surface area contributed by atoms with Crippen LogP contribution in [0.3, 0.4) is 0 Å². The van der Waals surface area contributed by atoms with Crippen molar-refractivity contribution in [2.45, 2.75) is 46.1 Å². The lowest BCUT2D eigenvalue weighted by molar-refractivity contribution is 0.0709.